The van der Waals surface area contributed by atoms with Gasteiger partial charge in [0.25, 0.3) is 5.91 Å². The number of aromatic nitrogens is 1. The predicted octanol–water partition coefficient (Wildman–Crippen LogP) is 0.365. The van der Waals surface area contributed by atoms with Gasteiger partial charge in [0.15, 0.2) is 0 Å². The fourth-order valence-corrected chi connectivity index (χ4v) is 1.15. The number of carbonyl (C=O) groups is 2. The van der Waals surface area contributed by atoms with Crippen LogP contribution in [0.3, 0.4) is 0 Å². The maximum absolute atomic E-state index is 11.8. The maximum Gasteiger partial charge on any atom is 0.269 e. The summed E-state index contributed by atoms with van der Waals surface area (Å²) < 4.78 is 0. The highest BCUT2D eigenvalue weighted by Crippen LogP contribution is 2.12. The first-order valence-corrected chi connectivity index (χ1v) is 5.59. The van der Waals surface area contributed by atoms with E-state index in [9.17, 15) is 9.59 Å². The lowest BCUT2D eigenvalue weighted by molar-refractivity contribution is -0.125. The van der Waals surface area contributed by atoms with Crippen molar-refractivity contribution in [1.29, 1.82) is 0 Å². The molecule has 18 heavy (non-hydrogen) atoms. The number of rotatable bonds is 5. The summed E-state index contributed by atoms with van der Waals surface area (Å²) in [5, 5.41) is 5.54. The smallest absolute Gasteiger partial charge is 0.269 e. The number of nitrogens with zero attached hydrogens (tertiary/aromatic N) is 1. The van der Waals surface area contributed by atoms with E-state index in [2.05, 4.69) is 15.6 Å². The van der Waals surface area contributed by atoms with Gasteiger partial charge in [0.1, 0.15) is 5.69 Å². The van der Waals surface area contributed by atoms with E-state index in [1.165, 1.54) is 0 Å². The molecule has 6 heteroatoms. The molecule has 0 aliphatic heterocycles. The van der Waals surface area contributed by atoms with E-state index in [-0.39, 0.29) is 12.5 Å². The molecule has 1 heterocycles. The zero-order valence-electron chi connectivity index (χ0n) is 10.8. The Bertz CT molecular complexity index is 440. The Kier molecular flexibility index (Phi) is 4.25. The van der Waals surface area contributed by atoms with Gasteiger partial charge in [-0.15, -0.1) is 0 Å². The minimum Gasteiger partial charge on any atom is -0.387 e. The summed E-state index contributed by atoms with van der Waals surface area (Å²) in [4.78, 5) is 26.9. The highest BCUT2D eigenvalue weighted by molar-refractivity contribution is 5.93. The minimum absolute atomic E-state index is 0.177. The van der Waals surface area contributed by atoms with Gasteiger partial charge in [0.05, 0.1) is 17.3 Å². The highest BCUT2D eigenvalue weighted by atomic mass is 16.2. The molecule has 0 unspecified atom stereocenters. The Balaban J connectivity index is 2.63. The quantitative estimate of drug-likeness (QED) is 0.703. The van der Waals surface area contributed by atoms with Crippen LogP contribution in [0, 0.1) is 5.41 Å². The summed E-state index contributed by atoms with van der Waals surface area (Å²) in [5.41, 5.74) is 5.57. The Morgan fingerprint density at radius 1 is 1.39 bits per heavy atom. The van der Waals surface area contributed by atoms with E-state index in [4.69, 9.17) is 5.73 Å². The van der Waals surface area contributed by atoms with Gasteiger partial charge < -0.3 is 16.4 Å². The van der Waals surface area contributed by atoms with Crippen molar-refractivity contribution in [2.24, 2.45) is 11.1 Å². The molecule has 4 N–H and O–H groups in total. The van der Waals surface area contributed by atoms with Gasteiger partial charge in [-0.05, 0) is 26.0 Å². The van der Waals surface area contributed by atoms with Crippen LogP contribution < -0.4 is 16.4 Å². The summed E-state index contributed by atoms with van der Waals surface area (Å²) >= 11 is 0. The summed E-state index contributed by atoms with van der Waals surface area (Å²) in [6.45, 7) is 3.52. The molecule has 0 saturated carbocycles. The number of amides is 2. The molecule has 2 amide bonds. The van der Waals surface area contributed by atoms with Crippen molar-refractivity contribution in [2.75, 3.05) is 18.9 Å². The topological polar surface area (TPSA) is 97.1 Å². The van der Waals surface area contributed by atoms with Crippen molar-refractivity contribution in [3.63, 3.8) is 0 Å². The van der Waals surface area contributed by atoms with Crippen molar-refractivity contribution >= 4 is 17.5 Å². The summed E-state index contributed by atoms with van der Waals surface area (Å²) in [7, 11) is 1.77. The predicted molar refractivity (Wildman–Crippen MR) is 69.1 cm³/mol. The normalized spacial score (nSPS) is 10.8. The number of nitrogens with one attached hydrogen (secondary N) is 2. The SMILES string of the molecule is CNc1ccc(C(=O)NCC(C)(C)C(N)=O)nc1. The van der Waals surface area contributed by atoms with E-state index >= 15 is 0 Å². The third-order valence-electron chi connectivity index (χ3n) is 2.64. The largest absolute Gasteiger partial charge is 0.387 e. The van der Waals surface area contributed by atoms with Crippen LogP contribution in [-0.4, -0.2) is 30.4 Å². The number of hydrogen-bond donors (Lipinski definition) is 3. The summed E-state index contributed by atoms with van der Waals surface area (Å²) in [5.74, 6) is -0.784. The molecule has 1 aromatic rings. The van der Waals surface area contributed by atoms with Crippen LogP contribution in [0.1, 0.15) is 24.3 Å². The first-order valence-electron chi connectivity index (χ1n) is 5.59. The molecule has 1 rings (SSSR count). The van der Waals surface area contributed by atoms with Crippen molar-refractivity contribution in [3.05, 3.63) is 24.0 Å². The van der Waals surface area contributed by atoms with Gasteiger partial charge in [0.2, 0.25) is 5.91 Å². The third-order valence-corrected chi connectivity index (χ3v) is 2.64. The number of primary amides is 1. The van der Waals surface area contributed by atoms with Crippen molar-refractivity contribution < 1.29 is 9.59 Å². The van der Waals surface area contributed by atoms with Crippen molar-refractivity contribution in [2.45, 2.75) is 13.8 Å². The standard InChI is InChI=1S/C12H18N4O2/c1-12(2,11(13)18)7-16-10(17)9-5-4-8(14-3)6-15-9/h4-6,14H,7H2,1-3H3,(H2,13,18)(H,16,17). The second-order valence-electron chi connectivity index (χ2n) is 4.61. The Labute approximate surface area is 106 Å². The molecule has 6 nitrogen and oxygen atoms in total. The molecule has 1 aromatic heterocycles. The van der Waals surface area contributed by atoms with Gasteiger partial charge in [-0.2, -0.15) is 0 Å². The zero-order valence-corrected chi connectivity index (χ0v) is 10.8. The molecular formula is C12H18N4O2. The van der Waals surface area contributed by atoms with Crippen molar-refractivity contribution in [1.82, 2.24) is 10.3 Å². The third kappa shape index (κ3) is 3.44. The van der Waals surface area contributed by atoms with Crippen LogP contribution >= 0.6 is 0 Å². The molecule has 0 saturated heterocycles. The number of carbonyl (C=O) groups excluding carboxylic acids is 2. The second kappa shape index (κ2) is 5.48. The average Bonchev–Trinajstić information content (AvgIpc) is 2.36. The van der Waals surface area contributed by atoms with Gasteiger partial charge in [-0.1, -0.05) is 0 Å². The number of hydrogen-bond acceptors (Lipinski definition) is 4. The van der Waals surface area contributed by atoms with Crippen LogP contribution in [0.25, 0.3) is 0 Å². The molecule has 0 fully saturated rings. The lowest BCUT2D eigenvalue weighted by Gasteiger charge is -2.20. The average molecular weight is 250 g/mol. The first-order chi connectivity index (χ1) is 8.36. The summed E-state index contributed by atoms with van der Waals surface area (Å²) in [6, 6.07) is 3.36. The monoisotopic (exact) mass is 250 g/mol. The molecule has 0 aliphatic rings. The highest BCUT2D eigenvalue weighted by Gasteiger charge is 2.25. The van der Waals surface area contributed by atoms with Gasteiger partial charge >= 0.3 is 0 Å². The van der Waals surface area contributed by atoms with Crippen LogP contribution in [0.2, 0.25) is 0 Å². The summed E-state index contributed by atoms with van der Waals surface area (Å²) in [6.07, 6.45) is 1.56. The fourth-order valence-electron chi connectivity index (χ4n) is 1.15. The minimum atomic E-state index is -0.777. The van der Waals surface area contributed by atoms with Crippen molar-refractivity contribution in [3.8, 4) is 0 Å². The Morgan fingerprint density at radius 3 is 2.50 bits per heavy atom. The van der Waals surface area contributed by atoms with E-state index in [0.717, 1.165) is 5.69 Å². The second-order valence-corrected chi connectivity index (χ2v) is 4.61. The zero-order chi connectivity index (χ0) is 13.8. The first kappa shape index (κ1) is 14.0. The lowest BCUT2D eigenvalue weighted by atomic mass is 9.93. The lowest BCUT2D eigenvalue weighted by Crippen LogP contribution is -2.42. The van der Waals surface area contributed by atoms with Crippen LogP contribution in [0.4, 0.5) is 5.69 Å². The maximum atomic E-state index is 11.8. The number of anilines is 1. The van der Waals surface area contributed by atoms with Crippen LogP contribution in [-0.2, 0) is 4.79 Å². The molecule has 98 valence electrons. The molecule has 0 aromatic carbocycles. The van der Waals surface area contributed by atoms with Gasteiger partial charge in [-0.25, -0.2) is 4.98 Å². The van der Waals surface area contributed by atoms with Gasteiger partial charge in [-0.3, -0.25) is 9.59 Å². The Hall–Kier alpha value is -2.11. The molecule has 0 atom stereocenters. The van der Waals surface area contributed by atoms with E-state index in [1.54, 1.807) is 39.2 Å². The molecule has 0 bridgehead atoms. The van der Waals surface area contributed by atoms with Gasteiger partial charge in [0, 0.05) is 13.6 Å². The van der Waals surface area contributed by atoms with E-state index < -0.39 is 11.3 Å². The molecule has 0 radical (unpaired) electrons. The van der Waals surface area contributed by atoms with E-state index in [0.29, 0.717) is 5.69 Å². The van der Waals surface area contributed by atoms with E-state index in [1.807, 2.05) is 0 Å². The van der Waals surface area contributed by atoms with Crippen LogP contribution in [0.15, 0.2) is 18.3 Å². The van der Waals surface area contributed by atoms with Crippen LogP contribution in [0.5, 0.6) is 0 Å². The molecule has 0 aliphatic carbocycles. The number of pyridine rings is 1. The number of nitrogens with two attached hydrogens (primary N) is 1. The molecule has 0 spiro atoms. The fraction of sp³-hybridized carbons (Fsp3) is 0.417. The Morgan fingerprint density at radius 2 is 2.06 bits per heavy atom. The molecular weight excluding hydrogens is 232 g/mol.